The Hall–Kier alpha value is -1.75. The smallest absolute Gasteiger partial charge is 0.178 e. The molecular formula is C12H9BrN4. The lowest BCUT2D eigenvalue weighted by Gasteiger charge is -1.94. The molecule has 0 atom stereocenters. The van der Waals surface area contributed by atoms with Crippen molar-refractivity contribution < 1.29 is 0 Å². The summed E-state index contributed by atoms with van der Waals surface area (Å²) in [5, 5.41) is 0. The van der Waals surface area contributed by atoms with E-state index < -0.39 is 0 Å². The Morgan fingerprint density at radius 3 is 2.88 bits per heavy atom. The van der Waals surface area contributed by atoms with E-state index in [0.717, 1.165) is 27.2 Å². The molecule has 0 unspecified atom stereocenters. The van der Waals surface area contributed by atoms with Gasteiger partial charge in [0.1, 0.15) is 5.69 Å². The van der Waals surface area contributed by atoms with Crippen molar-refractivity contribution >= 4 is 27.1 Å². The van der Waals surface area contributed by atoms with Crippen molar-refractivity contribution in [1.29, 1.82) is 0 Å². The number of aryl methyl sites for hydroxylation is 1. The molecule has 0 amide bonds. The topological polar surface area (TPSA) is 54.5 Å². The molecule has 3 aromatic heterocycles. The van der Waals surface area contributed by atoms with Gasteiger partial charge in [0, 0.05) is 10.7 Å². The molecule has 0 spiro atoms. The van der Waals surface area contributed by atoms with E-state index in [0.29, 0.717) is 5.65 Å². The van der Waals surface area contributed by atoms with Crippen molar-refractivity contribution in [1.82, 2.24) is 19.9 Å². The molecule has 0 aliphatic carbocycles. The Morgan fingerprint density at radius 2 is 2.12 bits per heavy atom. The Labute approximate surface area is 106 Å². The van der Waals surface area contributed by atoms with E-state index in [1.54, 1.807) is 6.20 Å². The number of halogens is 1. The fraction of sp³-hybridized carbons (Fsp3) is 0.0833. The van der Waals surface area contributed by atoms with E-state index in [1.807, 2.05) is 31.2 Å². The van der Waals surface area contributed by atoms with Gasteiger partial charge in [-0.05, 0) is 41.1 Å². The summed E-state index contributed by atoms with van der Waals surface area (Å²) in [5.74, 6) is 0.741. The van der Waals surface area contributed by atoms with Gasteiger partial charge in [0.05, 0.1) is 11.2 Å². The molecule has 0 fully saturated rings. The third kappa shape index (κ3) is 1.82. The second-order valence-electron chi connectivity index (χ2n) is 3.73. The van der Waals surface area contributed by atoms with Crippen LogP contribution in [0.3, 0.4) is 0 Å². The summed E-state index contributed by atoms with van der Waals surface area (Å²) in [7, 11) is 0. The molecule has 0 saturated carbocycles. The van der Waals surface area contributed by atoms with Gasteiger partial charge >= 0.3 is 0 Å². The molecule has 17 heavy (non-hydrogen) atoms. The minimum Gasteiger partial charge on any atom is -0.335 e. The van der Waals surface area contributed by atoms with Crippen LogP contribution in [0.4, 0.5) is 0 Å². The van der Waals surface area contributed by atoms with Crippen LogP contribution in [-0.2, 0) is 0 Å². The summed E-state index contributed by atoms with van der Waals surface area (Å²) < 4.78 is 0.973. The molecule has 0 radical (unpaired) electrons. The Morgan fingerprint density at radius 1 is 1.24 bits per heavy atom. The number of pyridine rings is 2. The maximum Gasteiger partial charge on any atom is 0.178 e. The van der Waals surface area contributed by atoms with Crippen LogP contribution in [0.2, 0.25) is 0 Å². The minimum absolute atomic E-state index is 0.714. The largest absolute Gasteiger partial charge is 0.335 e. The van der Waals surface area contributed by atoms with Crippen molar-refractivity contribution in [2.75, 3.05) is 0 Å². The number of hydrogen-bond donors (Lipinski definition) is 1. The molecule has 0 aliphatic heterocycles. The molecule has 3 rings (SSSR count). The Bertz CT molecular complexity index is 637. The highest BCUT2D eigenvalue weighted by molar-refractivity contribution is 9.10. The van der Waals surface area contributed by atoms with Crippen LogP contribution in [0.1, 0.15) is 5.69 Å². The zero-order chi connectivity index (χ0) is 11.8. The second kappa shape index (κ2) is 3.92. The molecule has 0 aliphatic rings. The summed E-state index contributed by atoms with van der Waals surface area (Å²) in [6.07, 6.45) is 1.75. The lowest BCUT2D eigenvalue weighted by atomic mass is 10.3. The van der Waals surface area contributed by atoms with Crippen LogP contribution >= 0.6 is 15.9 Å². The molecule has 4 nitrogen and oxygen atoms in total. The summed E-state index contributed by atoms with van der Waals surface area (Å²) >= 11 is 3.46. The average molecular weight is 289 g/mol. The number of imidazole rings is 1. The summed E-state index contributed by atoms with van der Waals surface area (Å²) in [6, 6.07) is 7.71. The first-order chi connectivity index (χ1) is 8.24. The fourth-order valence-electron chi connectivity index (χ4n) is 1.63. The Balaban J connectivity index is 2.21. The standard InChI is InChI=1S/C12H9BrN4/c1-7-8(13)6-10-12(15-7)17-11(16-10)9-4-2-3-5-14-9/h2-6H,1H3,(H,15,16,17). The quantitative estimate of drug-likeness (QED) is 0.749. The molecule has 3 aromatic rings. The number of aromatic amines is 1. The van der Waals surface area contributed by atoms with E-state index >= 15 is 0 Å². The van der Waals surface area contributed by atoms with Gasteiger partial charge in [0.25, 0.3) is 0 Å². The van der Waals surface area contributed by atoms with Crippen LogP contribution in [-0.4, -0.2) is 19.9 Å². The third-order valence-corrected chi connectivity index (χ3v) is 3.31. The fourth-order valence-corrected chi connectivity index (χ4v) is 1.95. The molecular weight excluding hydrogens is 280 g/mol. The average Bonchev–Trinajstić information content (AvgIpc) is 2.74. The molecule has 0 bridgehead atoms. The van der Waals surface area contributed by atoms with Crippen LogP contribution in [0, 0.1) is 6.92 Å². The number of aromatic nitrogens is 4. The molecule has 1 N–H and O–H groups in total. The summed E-state index contributed by atoms with van der Waals surface area (Å²) in [4.78, 5) is 16.3. The van der Waals surface area contributed by atoms with Gasteiger partial charge < -0.3 is 4.98 Å². The van der Waals surface area contributed by atoms with Crippen molar-refractivity contribution in [2.45, 2.75) is 6.92 Å². The van der Waals surface area contributed by atoms with Crippen molar-refractivity contribution in [3.63, 3.8) is 0 Å². The summed E-state index contributed by atoms with van der Waals surface area (Å²) in [6.45, 7) is 1.94. The number of H-pyrrole nitrogens is 1. The van der Waals surface area contributed by atoms with Gasteiger partial charge in [-0.25, -0.2) is 9.97 Å². The first-order valence-electron chi connectivity index (χ1n) is 5.18. The van der Waals surface area contributed by atoms with Gasteiger partial charge in [-0.15, -0.1) is 0 Å². The maximum atomic E-state index is 4.43. The highest BCUT2D eigenvalue weighted by Crippen LogP contribution is 2.22. The lowest BCUT2D eigenvalue weighted by Crippen LogP contribution is -1.84. The van der Waals surface area contributed by atoms with Crippen LogP contribution < -0.4 is 0 Å². The first-order valence-corrected chi connectivity index (χ1v) is 5.97. The van der Waals surface area contributed by atoms with E-state index in [2.05, 4.69) is 35.9 Å². The highest BCUT2D eigenvalue weighted by atomic mass is 79.9. The first kappa shape index (κ1) is 10.4. The number of fused-ring (bicyclic) bond motifs is 1. The van der Waals surface area contributed by atoms with Gasteiger partial charge in [0.15, 0.2) is 11.5 Å². The number of nitrogens with one attached hydrogen (secondary N) is 1. The van der Waals surface area contributed by atoms with Gasteiger partial charge in [-0.2, -0.15) is 0 Å². The van der Waals surface area contributed by atoms with Crippen LogP contribution in [0.5, 0.6) is 0 Å². The number of hydrogen-bond acceptors (Lipinski definition) is 3. The van der Waals surface area contributed by atoms with Crippen molar-refractivity contribution in [3.05, 3.63) is 40.6 Å². The second-order valence-corrected chi connectivity index (χ2v) is 4.58. The van der Waals surface area contributed by atoms with Crippen LogP contribution in [0.15, 0.2) is 34.9 Å². The molecule has 0 aromatic carbocycles. The van der Waals surface area contributed by atoms with E-state index in [1.165, 1.54) is 0 Å². The van der Waals surface area contributed by atoms with Gasteiger partial charge in [-0.1, -0.05) is 6.07 Å². The molecule has 0 saturated heterocycles. The van der Waals surface area contributed by atoms with Gasteiger partial charge in [0.2, 0.25) is 0 Å². The number of rotatable bonds is 1. The zero-order valence-electron chi connectivity index (χ0n) is 9.11. The maximum absolute atomic E-state index is 4.43. The van der Waals surface area contributed by atoms with Gasteiger partial charge in [-0.3, -0.25) is 4.98 Å². The molecule has 5 heteroatoms. The predicted octanol–water partition coefficient (Wildman–Crippen LogP) is 3.09. The summed E-state index contributed by atoms with van der Waals surface area (Å²) in [5.41, 5.74) is 3.37. The normalized spacial score (nSPS) is 10.9. The highest BCUT2D eigenvalue weighted by Gasteiger charge is 2.08. The lowest BCUT2D eigenvalue weighted by molar-refractivity contribution is 1.19. The SMILES string of the molecule is Cc1nc2nc(-c3ccccn3)[nH]c2cc1Br. The van der Waals surface area contributed by atoms with E-state index in [-0.39, 0.29) is 0 Å². The molecule has 84 valence electrons. The Kier molecular flexibility index (Phi) is 2.40. The van der Waals surface area contributed by atoms with Crippen molar-refractivity contribution in [3.8, 4) is 11.5 Å². The van der Waals surface area contributed by atoms with E-state index in [4.69, 9.17) is 0 Å². The predicted molar refractivity (Wildman–Crippen MR) is 69.6 cm³/mol. The minimum atomic E-state index is 0.714. The zero-order valence-corrected chi connectivity index (χ0v) is 10.7. The van der Waals surface area contributed by atoms with Crippen molar-refractivity contribution in [2.24, 2.45) is 0 Å². The monoisotopic (exact) mass is 288 g/mol. The van der Waals surface area contributed by atoms with Crippen LogP contribution in [0.25, 0.3) is 22.7 Å². The molecule has 3 heterocycles. The third-order valence-electron chi connectivity index (χ3n) is 2.51. The van der Waals surface area contributed by atoms with E-state index in [9.17, 15) is 0 Å². The number of nitrogens with zero attached hydrogens (tertiary/aromatic N) is 3.